The van der Waals surface area contributed by atoms with Crippen LogP contribution in [0.4, 0.5) is 5.69 Å². The molecular weight excluding hydrogens is 340 g/mol. The largest absolute Gasteiger partial charge is 0.760 e. The smallest absolute Gasteiger partial charge is 0.115 e. The van der Waals surface area contributed by atoms with Gasteiger partial charge in [-0.3, -0.25) is 4.21 Å². The van der Waals surface area contributed by atoms with Crippen LogP contribution in [-0.2, 0) is 16.7 Å². The molecule has 106 valence electrons. The van der Waals surface area contributed by atoms with Crippen molar-refractivity contribution in [1.29, 1.82) is 0 Å². The van der Waals surface area contributed by atoms with Crippen molar-refractivity contribution in [3.63, 3.8) is 0 Å². The topological polar surface area (TPSA) is 55.4 Å². The molecule has 6 heteroatoms. The number of rotatable bonds is 1. The van der Waals surface area contributed by atoms with Crippen LogP contribution in [0.15, 0.2) is 34.8 Å². The number of fused-ring (bicyclic) bond motifs is 1. The van der Waals surface area contributed by atoms with Crippen LogP contribution in [0.5, 0.6) is 0 Å². The standard InChI is InChI=1S/C14H15BrN2O2S/c15-10-3-4-12-11(9-10)13-5-1-2-6-14(13,16-12)17(8-7-13)20(18)19/h1,3-5,9,16H,2,6-8H2,(H,18,19)/p-1/t13-,14-/m1/s1. The van der Waals surface area contributed by atoms with E-state index >= 15 is 0 Å². The molecule has 1 aromatic carbocycles. The number of anilines is 1. The predicted molar refractivity (Wildman–Crippen MR) is 80.8 cm³/mol. The summed E-state index contributed by atoms with van der Waals surface area (Å²) in [5.74, 6) is 0. The number of benzene rings is 1. The fraction of sp³-hybridized carbons (Fsp3) is 0.429. The Labute approximate surface area is 128 Å². The van der Waals surface area contributed by atoms with Gasteiger partial charge in [-0.15, -0.1) is 0 Å². The van der Waals surface area contributed by atoms with E-state index in [2.05, 4.69) is 39.5 Å². The van der Waals surface area contributed by atoms with Crippen molar-refractivity contribution in [2.75, 3.05) is 11.9 Å². The molecule has 2 heterocycles. The van der Waals surface area contributed by atoms with Crippen LogP contribution < -0.4 is 5.32 Å². The third-order valence-corrected chi connectivity index (χ3v) is 6.28. The van der Waals surface area contributed by atoms with Gasteiger partial charge in [0.2, 0.25) is 0 Å². The van der Waals surface area contributed by atoms with E-state index in [1.165, 1.54) is 5.56 Å². The van der Waals surface area contributed by atoms with Gasteiger partial charge in [-0.2, -0.15) is 0 Å². The molecule has 1 unspecified atom stereocenters. The Morgan fingerprint density at radius 1 is 1.40 bits per heavy atom. The molecule has 3 atom stereocenters. The van der Waals surface area contributed by atoms with Crippen LogP contribution in [0.1, 0.15) is 24.8 Å². The number of nitrogens with one attached hydrogen (secondary N) is 1. The van der Waals surface area contributed by atoms with E-state index in [1.54, 1.807) is 4.31 Å². The van der Waals surface area contributed by atoms with E-state index in [0.29, 0.717) is 6.54 Å². The van der Waals surface area contributed by atoms with Crippen molar-refractivity contribution in [1.82, 2.24) is 4.31 Å². The van der Waals surface area contributed by atoms with E-state index in [-0.39, 0.29) is 5.41 Å². The van der Waals surface area contributed by atoms with Crippen molar-refractivity contribution in [3.05, 3.63) is 40.4 Å². The molecule has 0 saturated carbocycles. The van der Waals surface area contributed by atoms with Crippen LogP contribution in [0.2, 0.25) is 0 Å². The summed E-state index contributed by atoms with van der Waals surface area (Å²) in [7, 11) is 0. The molecule has 3 aliphatic rings. The Morgan fingerprint density at radius 2 is 2.25 bits per heavy atom. The first kappa shape index (κ1) is 13.0. The second-order valence-corrected chi connectivity index (χ2v) is 7.45. The molecule has 0 bridgehead atoms. The van der Waals surface area contributed by atoms with Crippen molar-refractivity contribution < 1.29 is 8.76 Å². The van der Waals surface area contributed by atoms with E-state index in [0.717, 1.165) is 29.4 Å². The molecule has 4 nitrogen and oxygen atoms in total. The highest BCUT2D eigenvalue weighted by molar-refractivity contribution is 9.10. The van der Waals surface area contributed by atoms with Crippen molar-refractivity contribution in [2.45, 2.75) is 30.3 Å². The third-order valence-electron chi connectivity index (χ3n) is 4.93. The monoisotopic (exact) mass is 353 g/mol. The highest BCUT2D eigenvalue weighted by Crippen LogP contribution is 2.60. The number of allylic oxidation sites excluding steroid dienone is 1. The molecule has 1 aliphatic carbocycles. The molecule has 1 fully saturated rings. The molecule has 0 radical (unpaired) electrons. The van der Waals surface area contributed by atoms with Crippen LogP contribution in [0.3, 0.4) is 0 Å². The van der Waals surface area contributed by atoms with Gasteiger partial charge in [-0.1, -0.05) is 28.1 Å². The second-order valence-electron chi connectivity index (χ2n) is 5.66. The second kappa shape index (κ2) is 4.16. The van der Waals surface area contributed by atoms with E-state index < -0.39 is 16.9 Å². The maximum absolute atomic E-state index is 11.7. The molecule has 2 aliphatic heterocycles. The lowest BCUT2D eigenvalue weighted by Crippen LogP contribution is -2.58. The molecule has 0 aromatic heterocycles. The summed E-state index contributed by atoms with van der Waals surface area (Å²) in [6.07, 6.45) is 6.94. The minimum atomic E-state index is -2.20. The van der Waals surface area contributed by atoms with Gasteiger partial charge in [0.05, 0.1) is 5.41 Å². The van der Waals surface area contributed by atoms with Gasteiger partial charge in [-0.25, -0.2) is 4.31 Å². The Morgan fingerprint density at radius 3 is 3.05 bits per heavy atom. The first-order valence-electron chi connectivity index (χ1n) is 6.72. The maximum atomic E-state index is 11.7. The van der Waals surface area contributed by atoms with Crippen LogP contribution in [0, 0.1) is 0 Å². The van der Waals surface area contributed by atoms with Gasteiger partial charge in [-0.05, 0) is 43.0 Å². The third kappa shape index (κ3) is 1.40. The first-order valence-corrected chi connectivity index (χ1v) is 8.54. The lowest BCUT2D eigenvalue weighted by molar-refractivity contribution is 0.202. The van der Waals surface area contributed by atoms with Gasteiger partial charge in [0.1, 0.15) is 5.66 Å². The molecule has 1 N–H and O–H groups in total. The lowest BCUT2D eigenvalue weighted by Gasteiger charge is -2.46. The highest BCUT2D eigenvalue weighted by atomic mass is 79.9. The molecule has 0 spiro atoms. The SMILES string of the molecule is O=S([O-])N1CC[C@@]23C=CCC[C@@]12Nc1ccc(Br)cc13. The zero-order chi connectivity index (χ0) is 14.0. The van der Waals surface area contributed by atoms with Gasteiger partial charge in [0, 0.05) is 28.0 Å². The Hall–Kier alpha value is -0.690. The summed E-state index contributed by atoms with van der Waals surface area (Å²) in [6.45, 7) is 0.569. The van der Waals surface area contributed by atoms with Crippen LogP contribution in [-0.4, -0.2) is 25.3 Å². The van der Waals surface area contributed by atoms with Crippen molar-refractivity contribution in [3.8, 4) is 0 Å². The van der Waals surface area contributed by atoms with Gasteiger partial charge >= 0.3 is 0 Å². The fourth-order valence-corrected chi connectivity index (χ4v) is 5.30. The van der Waals surface area contributed by atoms with E-state index in [4.69, 9.17) is 0 Å². The Bertz CT molecular complexity index is 650. The summed E-state index contributed by atoms with van der Waals surface area (Å²) >= 11 is 1.33. The average Bonchev–Trinajstić information content (AvgIpc) is 2.89. The average molecular weight is 354 g/mol. The van der Waals surface area contributed by atoms with E-state index in [9.17, 15) is 8.76 Å². The number of hydrogen-bond donors (Lipinski definition) is 1. The number of hydrogen-bond acceptors (Lipinski definition) is 3. The molecule has 1 aromatic rings. The van der Waals surface area contributed by atoms with Crippen LogP contribution in [0.25, 0.3) is 0 Å². The Balaban J connectivity index is 1.97. The summed E-state index contributed by atoms with van der Waals surface area (Å²) < 4.78 is 26.0. The summed E-state index contributed by atoms with van der Waals surface area (Å²) in [5.41, 5.74) is 1.51. The van der Waals surface area contributed by atoms with E-state index in [1.807, 2.05) is 12.1 Å². The lowest BCUT2D eigenvalue weighted by atomic mass is 9.68. The first-order chi connectivity index (χ1) is 9.59. The number of nitrogens with zero attached hydrogens (tertiary/aromatic N) is 1. The molecule has 0 amide bonds. The van der Waals surface area contributed by atoms with Gasteiger partial charge < -0.3 is 9.87 Å². The fourth-order valence-electron chi connectivity index (χ4n) is 4.15. The molecule has 1 saturated heterocycles. The molecular formula is C14H14BrN2O2S-. The minimum Gasteiger partial charge on any atom is -0.760 e. The summed E-state index contributed by atoms with van der Waals surface area (Å²) in [4.78, 5) is 0. The van der Waals surface area contributed by atoms with Gasteiger partial charge in [0.15, 0.2) is 0 Å². The Kier molecular flexibility index (Phi) is 2.71. The van der Waals surface area contributed by atoms with Gasteiger partial charge in [0.25, 0.3) is 0 Å². The quantitative estimate of drug-likeness (QED) is 0.623. The maximum Gasteiger partial charge on any atom is 0.115 e. The minimum absolute atomic E-state index is 0.232. The zero-order valence-electron chi connectivity index (χ0n) is 10.8. The van der Waals surface area contributed by atoms with Crippen molar-refractivity contribution >= 4 is 32.9 Å². The molecule has 4 rings (SSSR count). The predicted octanol–water partition coefficient (Wildman–Crippen LogP) is 2.66. The molecule has 20 heavy (non-hydrogen) atoms. The summed E-state index contributed by atoms with van der Waals surface area (Å²) in [6, 6.07) is 6.15. The summed E-state index contributed by atoms with van der Waals surface area (Å²) in [5, 5.41) is 3.52. The normalized spacial score (nSPS) is 36.1. The van der Waals surface area contributed by atoms with Crippen molar-refractivity contribution in [2.24, 2.45) is 0 Å². The van der Waals surface area contributed by atoms with Crippen LogP contribution >= 0.6 is 15.9 Å². The zero-order valence-corrected chi connectivity index (χ0v) is 13.2. The number of halogens is 1. The highest BCUT2D eigenvalue weighted by Gasteiger charge is 2.64.